The second kappa shape index (κ2) is 7.92. The van der Waals surface area contributed by atoms with Crippen molar-refractivity contribution in [1.29, 1.82) is 0 Å². The van der Waals surface area contributed by atoms with Crippen molar-refractivity contribution in [3.63, 3.8) is 0 Å². The van der Waals surface area contributed by atoms with Gasteiger partial charge in [-0.05, 0) is 36.9 Å². The van der Waals surface area contributed by atoms with Crippen LogP contribution >= 0.6 is 11.8 Å². The number of hydrogen-bond donors (Lipinski definition) is 2. The van der Waals surface area contributed by atoms with Crippen molar-refractivity contribution < 1.29 is 19.3 Å². The van der Waals surface area contributed by atoms with Crippen LogP contribution in [0.4, 0.5) is 16.2 Å². The highest BCUT2D eigenvalue weighted by Gasteiger charge is 2.49. The number of nitrogens with zero attached hydrogens (tertiary/aromatic N) is 2. The molecule has 0 aromatic heterocycles. The Morgan fingerprint density at radius 3 is 2.66 bits per heavy atom. The Morgan fingerprint density at radius 2 is 1.97 bits per heavy atom. The predicted octanol–water partition coefficient (Wildman–Crippen LogP) is 2.72. The van der Waals surface area contributed by atoms with Gasteiger partial charge in [-0.15, -0.1) is 11.8 Å². The Kier molecular flexibility index (Phi) is 5.55. The number of benzene rings is 2. The summed E-state index contributed by atoms with van der Waals surface area (Å²) in [5.41, 5.74) is -0.881. The van der Waals surface area contributed by atoms with Crippen molar-refractivity contribution in [2.45, 2.75) is 17.4 Å². The quantitative estimate of drug-likeness (QED) is 0.324. The van der Waals surface area contributed by atoms with Crippen LogP contribution in [0.2, 0.25) is 0 Å². The molecule has 29 heavy (non-hydrogen) atoms. The number of urea groups is 1. The lowest BCUT2D eigenvalue weighted by Gasteiger charge is -2.22. The Balaban J connectivity index is 1.77. The van der Waals surface area contributed by atoms with E-state index in [4.69, 9.17) is 0 Å². The van der Waals surface area contributed by atoms with Crippen molar-refractivity contribution in [2.75, 3.05) is 18.1 Å². The van der Waals surface area contributed by atoms with Gasteiger partial charge >= 0.3 is 6.03 Å². The number of thioether (sulfide) groups is 1. The van der Waals surface area contributed by atoms with E-state index in [1.807, 2.05) is 12.3 Å². The summed E-state index contributed by atoms with van der Waals surface area (Å²) < 4.78 is 0. The molecule has 2 aromatic rings. The summed E-state index contributed by atoms with van der Waals surface area (Å²) in [5.74, 6) is -1.19. The first-order valence-corrected chi connectivity index (χ1v) is 9.80. The van der Waals surface area contributed by atoms with E-state index in [1.165, 1.54) is 43.0 Å². The molecule has 1 aliphatic rings. The Hall–Kier alpha value is -3.40. The predicted molar refractivity (Wildman–Crippen MR) is 108 cm³/mol. The number of carbonyl (C=O) groups excluding carboxylic acids is 3. The zero-order valence-electron chi connectivity index (χ0n) is 15.7. The first-order chi connectivity index (χ1) is 13.7. The highest BCUT2D eigenvalue weighted by Crippen LogP contribution is 2.30. The molecule has 1 fully saturated rings. The summed E-state index contributed by atoms with van der Waals surface area (Å²) in [6, 6.07) is 11.9. The van der Waals surface area contributed by atoms with Crippen molar-refractivity contribution >= 4 is 41.0 Å². The molecule has 150 valence electrons. The number of carbonyl (C=O) groups is 3. The number of anilines is 1. The number of hydrogen-bond acceptors (Lipinski definition) is 6. The van der Waals surface area contributed by atoms with Crippen LogP contribution in [0.25, 0.3) is 0 Å². The number of nitrogens with one attached hydrogen (secondary N) is 2. The van der Waals surface area contributed by atoms with Gasteiger partial charge in [-0.25, -0.2) is 4.79 Å². The average molecular weight is 414 g/mol. The third-order valence-corrected chi connectivity index (χ3v) is 5.29. The molecule has 10 heteroatoms. The molecule has 2 aromatic carbocycles. The van der Waals surface area contributed by atoms with Crippen molar-refractivity contribution in [2.24, 2.45) is 0 Å². The van der Waals surface area contributed by atoms with Gasteiger partial charge < -0.3 is 10.6 Å². The topological polar surface area (TPSA) is 122 Å². The van der Waals surface area contributed by atoms with Gasteiger partial charge in [0.05, 0.1) is 4.92 Å². The van der Waals surface area contributed by atoms with Crippen LogP contribution in [0.5, 0.6) is 0 Å². The number of imide groups is 1. The molecule has 1 saturated heterocycles. The minimum atomic E-state index is -1.50. The summed E-state index contributed by atoms with van der Waals surface area (Å²) in [5, 5.41) is 16.2. The van der Waals surface area contributed by atoms with Crippen molar-refractivity contribution in [1.82, 2.24) is 10.2 Å². The maximum Gasteiger partial charge on any atom is 0.325 e. The molecule has 0 aliphatic carbocycles. The molecular formula is C19H18N4O5S. The van der Waals surface area contributed by atoms with Crippen LogP contribution in [-0.2, 0) is 15.1 Å². The molecule has 0 radical (unpaired) electrons. The van der Waals surface area contributed by atoms with Gasteiger partial charge in [-0.3, -0.25) is 24.6 Å². The zero-order valence-corrected chi connectivity index (χ0v) is 16.5. The van der Waals surface area contributed by atoms with Gasteiger partial charge in [0.1, 0.15) is 12.1 Å². The molecule has 9 nitrogen and oxygen atoms in total. The largest absolute Gasteiger partial charge is 0.325 e. The Morgan fingerprint density at radius 1 is 1.24 bits per heavy atom. The van der Waals surface area contributed by atoms with Gasteiger partial charge in [0.25, 0.3) is 11.6 Å². The second-order valence-electron chi connectivity index (χ2n) is 6.53. The normalized spacial score (nSPS) is 18.5. The summed E-state index contributed by atoms with van der Waals surface area (Å²) >= 11 is 1.52. The average Bonchev–Trinajstić information content (AvgIpc) is 2.92. The van der Waals surface area contributed by atoms with Crippen LogP contribution in [0.3, 0.4) is 0 Å². The summed E-state index contributed by atoms with van der Waals surface area (Å²) in [7, 11) is 0. The lowest BCUT2D eigenvalue weighted by Crippen LogP contribution is -2.42. The highest BCUT2D eigenvalue weighted by atomic mass is 32.2. The van der Waals surface area contributed by atoms with Gasteiger partial charge in [-0.1, -0.05) is 18.2 Å². The van der Waals surface area contributed by atoms with Crippen LogP contribution < -0.4 is 10.6 Å². The summed E-state index contributed by atoms with van der Waals surface area (Å²) in [6.45, 7) is 0.977. The monoisotopic (exact) mass is 414 g/mol. The number of rotatable bonds is 6. The zero-order chi connectivity index (χ0) is 21.2. The van der Waals surface area contributed by atoms with Gasteiger partial charge in [0.15, 0.2) is 0 Å². The van der Waals surface area contributed by atoms with Crippen LogP contribution in [0.15, 0.2) is 53.4 Å². The molecule has 1 atom stereocenters. The number of amides is 4. The molecule has 0 saturated carbocycles. The number of nitro benzene ring substituents is 1. The van der Waals surface area contributed by atoms with Gasteiger partial charge in [-0.2, -0.15) is 0 Å². The lowest BCUT2D eigenvalue weighted by molar-refractivity contribution is -0.385. The van der Waals surface area contributed by atoms with Crippen LogP contribution in [-0.4, -0.2) is 40.5 Å². The standard InChI is InChI=1S/C19H18N4O5S/c1-19(12-5-3-7-14(9-12)23(27)28)17(25)22(18(26)21-19)11-16(24)20-13-6-4-8-15(10-13)29-2/h3-10H,11H2,1-2H3,(H,20,24)(H,21,26). The summed E-state index contributed by atoms with van der Waals surface area (Å²) in [4.78, 5) is 49.8. The second-order valence-corrected chi connectivity index (χ2v) is 7.41. The molecule has 1 unspecified atom stereocenters. The van der Waals surface area contributed by atoms with E-state index in [2.05, 4.69) is 10.6 Å². The van der Waals surface area contributed by atoms with E-state index in [9.17, 15) is 24.5 Å². The maximum atomic E-state index is 12.9. The maximum absolute atomic E-state index is 12.9. The van der Waals surface area contributed by atoms with E-state index < -0.39 is 34.9 Å². The molecule has 0 spiro atoms. The van der Waals surface area contributed by atoms with E-state index >= 15 is 0 Å². The Labute approximate surface area is 170 Å². The minimum Gasteiger partial charge on any atom is -0.324 e. The lowest BCUT2D eigenvalue weighted by atomic mass is 9.91. The number of non-ortho nitro benzene ring substituents is 1. The fourth-order valence-corrected chi connectivity index (χ4v) is 3.47. The van der Waals surface area contributed by atoms with Gasteiger partial charge in [0, 0.05) is 22.7 Å². The minimum absolute atomic E-state index is 0.198. The molecular weight excluding hydrogens is 396 g/mol. The smallest absolute Gasteiger partial charge is 0.324 e. The summed E-state index contributed by atoms with van der Waals surface area (Å²) in [6.07, 6.45) is 1.91. The SMILES string of the molecule is CSc1cccc(NC(=O)CN2C(=O)NC(C)(c3cccc([N+](=O)[O-])c3)C2=O)c1. The molecule has 1 heterocycles. The third kappa shape index (κ3) is 4.06. The van der Waals surface area contributed by atoms with Crippen molar-refractivity contribution in [3.8, 4) is 0 Å². The van der Waals surface area contributed by atoms with Crippen LogP contribution in [0.1, 0.15) is 12.5 Å². The molecule has 0 bridgehead atoms. The highest BCUT2D eigenvalue weighted by molar-refractivity contribution is 7.98. The fourth-order valence-electron chi connectivity index (χ4n) is 3.01. The van der Waals surface area contributed by atoms with E-state index in [-0.39, 0.29) is 11.3 Å². The first kappa shape index (κ1) is 20.3. The van der Waals surface area contributed by atoms with Crippen LogP contribution in [0, 0.1) is 10.1 Å². The third-order valence-electron chi connectivity index (χ3n) is 4.56. The molecule has 2 N–H and O–H groups in total. The molecule has 4 amide bonds. The van der Waals surface area contributed by atoms with Gasteiger partial charge in [0.2, 0.25) is 5.91 Å². The Bertz CT molecular complexity index is 1010. The first-order valence-electron chi connectivity index (χ1n) is 8.57. The van der Waals surface area contributed by atoms with E-state index in [1.54, 1.807) is 18.2 Å². The number of nitro groups is 1. The van der Waals surface area contributed by atoms with E-state index in [0.717, 1.165) is 9.80 Å². The molecule has 1 aliphatic heterocycles. The van der Waals surface area contributed by atoms with E-state index in [0.29, 0.717) is 5.69 Å². The van der Waals surface area contributed by atoms with Crippen molar-refractivity contribution in [3.05, 3.63) is 64.2 Å². The fraction of sp³-hybridized carbons (Fsp3) is 0.211. The molecule has 3 rings (SSSR count).